The molecular weight excluding hydrogens is 539 g/mol. The van der Waals surface area contributed by atoms with E-state index < -0.39 is 74.7 Å². The molecule has 5 rings (SSSR count). The van der Waals surface area contributed by atoms with E-state index in [0.717, 1.165) is 23.5 Å². The number of carbonyl (C=O) groups excluding carboxylic acids is 3. The maximum Gasteiger partial charge on any atom is 0.351 e. The van der Waals surface area contributed by atoms with Crippen LogP contribution in [-0.2, 0) is 14.3 Å². The topological polar surface area (TPSA) is 93.6 Å². The molecule has 4 aliphatic rings. The zero-order valence-corrected chi connectivity index (χ0v) is 23.2. The Labute approximate surface area is 227 Å². The van der Waals surface area contributed by atoms with Crippen LogP contribution in [-0.4, -0.2) is 50.4 Å². The fraction of sp³-hybridized carbons (Fsp3) is 0.630. The summed E-state index contributed by atoms with van der Waals surface area (Å²) < 4.78 is 52.7. The number of hydrogen-bond donors (Lipinski definition) is 1. The highest BCUT2D eigenvalue weighted by Crippen LogP contribution is 2.72. The number of carbonyl (C=O) groups is 3. The molecule has 4 aliphatic carbocycles. The molecule has 3 fully saturated rings. The first-order valence-electron chi connectivity index (χ1n) is 12.6. The molecule has 8 atom stereocenters. The first kappa shape index (κ1) is 27.4. The number of ketones is 1. The number of hydrogen-bond acceptors (Lipinski definition) is 8. The van der Waals surface area contributed by atoms with E-state index in [1.165, 1.54) is 12.4 Å². The van der Waals surface area contributed by atoms with E-state index in [2.05, 4.69) is 4.98 Å². The fourth-order valence-corrected chi connectivity index (χ4v) is 9.52. The van der Waals surface area contributed by atoms with Crippen molar-refractivity contribution >= 4 is 40.0 Å². The van der Waals surface area contributed by atoms with E-state index in [9.17, 15) is 23.9 Å². The highest BCUT2D eigenvalue weighted by atomic mass is 32.2. The molecule has 1 aromatic heterocycles. The van der Waals surface area contributed by atoms with Gasteiger partial charge in [-0.25, -0.2) is 22.9 Å². The van der Waals surface area contributed by atoms with Crippen molar-refractivity contribution < 1.29 is 37.4 Å². The standard InChI is InChI=1S/C27H30F3NO5S2/c1-13-7-16-17-10-19(29)18-8-15(32)9-20(33)25(18,4)26(17,30)6-5-24(16,3)27(13,23(35)37-11-28)36-22(34)21-14(2)31-12-38-21/h8-9,12-13,16-17,19,33H,5-7,10-11H2,1-4H3/t13-,16+,17+,19+,24+,25-,26-,27+/m1/s1. The molecule has 0 aliphatic heterocycles. The number of fused-ring (bicyclic) bond motifs is 5. The molecule has 1 heterocycles. The number of allylic oxidation sites excluding steroid dienone is 3. The van der Waals surface area contributed by atoms with Gasteiger partial charge in [-0.15, -0.1) is 11.3 Å². The Morgan fingerprint density at radius 1 is 1.24 bits per heavy atom. The van der Waals surface area contributed by atoms with E-state index >= 15 is 8.78 Å². The first-order chi connectivity index (χ1) is 17.8. The highest BCUT2D eigenvalue weighted by Gasteiger charge is 2.76. The summed E-state index contributed by atoms with van der Waals surface area (Å²) in [5.41, 5.74) is -4.90. The molecule has 0 aromatic carbocycles. The Bertz CT molecular complexity index is 1280. The zero-order valence-electron chi connectivity index (χ0n) is 21.6. The number of aliphatic hydroxyl groups excluding tert-OH is 1. The van der Waals surface area contributed by atoms with Gasteiger partial charge in [0.1, 0.15) is 28.5 Å². The number of thiazole rings is 1. The molecule has 11 heteroatoms. The van der Waals surface area contributed by atoms with Gasteiger partial charge in [0.25, 0.3) is 0 Å². The minimum Gasteiger partial charge on any atom is -0.511 e. The number of nitrogens with zero attached hydrogens (tertiary/aromatic N) is 1. The number of ether oxygens (including phenoxy) is 1. The maximum atomic E-state index is 17.4. The van der Waals surface area contributed by atoms with Gasteiger partial charge >= 0.3 is 5.97 Å². The number of thioether (sulfide) groups is 1. The van der Waals surface area contributed by atoms with Gasteiger partial charge in [-0.05, 0) is 68.9 Å². The van der Waals surface area contributed by atoms with Gasteiger partial charge in [0.2, 0.25) is 5.12 Å². The van der Waals surface area contributed by atoms with Gasteiger partial charge in [0.05, 0.1) is 16.6 Å². The average Bonchev–Trinajstić information content (AvgIpc) is 3.37. The number of aromatic nitrogens is 1. The number of aliphatic hydroxyl groups is 1. The van der Waals surface area contributed by atoms with Crippen molar-refractivity contribution in [3.63, 3.8) is 0 Å². The van der Waals surface area contributed by atoms with Crippen LogP contribution in [0.25, 0.3) is 0 Å². The summed E-state index contributed by atoms with van der Waals surface area (Å²) in [5.74, 6) is -4.01. The summed E-state index contributed by atoms with van der Waals surface area (Å²) in [5, 5.41) is 10.2. The molecule has 0 unspecified atom stereocenters. The van der Waals surface area contributed by atoms with Gasteiger partial charge in [0.15, 0.2) is 11.4 Å². The van der Waals surface area contributed by atoms with Crippen LogP contribution in [0.2, 0.25) is 0 Å². The van der Waals surface area contributed by atoms with Gasteiger partial charge in [0, 0.05) is 23.3 Å². The average molecular weight is 570 g/mol. The van der Waals surface area contributed by atoms with Crippen molar-refractivity contribution in [2.45, 2.75) is 70.8 Å². The summed E-state index contributed by atoms with van der Waals surface area (Å²) >= 11 is 1.49. The number of rotatable bonds is 4. The lowest BCUT2D eigenvalue weighted by Gasteiger charge is -2.61. The molecule has 3 saturated carbocycles. The van der Waals surface area contributed by atoms with Gasteiger partial charge in [-0.2, -0.15) is 0 Å². The third kappa shape index (κ3) is 3.33. The second-order valence-corrected chi connectivity index (χ2v) is 13.2. The van der Waals surface area contributed by atoms with Crippen LogP contribution >= 0.6 is 23.1 Å². The minimum atomic E-state index is -2.11. The van der Waals surface area contributed by atoms with Gasteiger partial charge in [-0.3, -0.25) is 9.59 Å². The summed E-state index contributed by atoms with van der Waals surface area (Å²) in [6, 6.07) is -1.02. The molecule has 38 heavy (non-hydrogen) atoms. The molecular formula is C27H30F3NO5S2. The normalized spacial score (nSPS) is 41.9. The molecule has 6 nitrogen and oxygen atoms in total. The Balaban J connectivity index is 1.62. The Kier molecular flexibility index (Phi) is 6.45. The quantitative estimate of drug-likeness (QED) is 0.444. The number of aryl methyl sites for hydroxylation is 1. The fourth-order valence-electron chi connectivity index (χ4n) is 8.06. The van der Waals surface area contributed by atoms with Gasteiger partial charge < -0.3 is 9.84 Å². The van der Waals surface area contributed by atoms with Crippen molar-refractivity contribution in [3.8, 4) is 0 Å². The minimum absolute atomic E-state index is 0.0710. The third-order valence-electron chi connectivity index (χ3n) is 10.0. The lowest BCUT2D eigenvalue weighted by atomic mass is 9.45. The second kappa shape index (κ2) is 8.94. The maximum absolute atomic E-state index is 17.4. The summed E-state index contributed by atoms with van der Waals surface area (Å²) in [6.07, 6.45) is 0.243. The summed E-state index contributed by atoms with van der Waals surface area (Å²) in [4.78, 5) is 43.4. The predicted octanol–water partition coefficient (Wildman–Crippen LogP) is 6.01. The molecule has 0 bridgehead atoms. The largest absolute Gasteiger partial charge is 0.511 e. The van der Waals surface area contributed by atoms with Crippen LogP contribution in [0.15, 0.2) is 29.0 Å². The molecule has 206 valence electrons. The first-order valence-corrected chi connectivity index (χ1v) is 14.5. The van der Waals surface area contributed by atoms with Crippen LogP contribution in [0, 0.1) is 35.5 Å². The second-order valence-electron chi connectivity index (χ2n) is 11.4. The van der Waals surface area contributed by atoms with Crippen molar-refractivity contribution in [1.29, 1.82) is 0 Å². The van der Waals surface area contributed by atoms with Gasteiger partial charge in [-0.1, -0.05) is 13.8 Å². The van der Waals surface area contributed by atoms with E-state index in [0.29, 0.717) is 17.5 Å². The lowest BCUT2D eigenvalue weighted by molar-refractivity contribution is -0.184. The van der Waals surface area contributed by atoms with E-state index in [-0.39, 0.29) is 36.1 Å². The summed E-state index contributed by atoms with van der Waals surface area (Å²) in [7, 11) is 0. The van der Waals surface area contributed by atoms with Crippen LogP contribution in [0.5, 0.6) is 0 Å². The Hall–Kier alpha value is -2.14. The molecule has 1 aromatic rings. The van der Waals surface area contributed by atoms with Crippen LogP contribution in [0.4, 0.5) is 13.2 Å². The van der Waals surface area contributed by atoms with Crippen LogP contribution in [0.1, 0.15) is 61.8 Å². The lowest BCUT2D eigenvalue weighted by Crippen LogP contribution is -2.66. The van der Waals surface area contributed by atoms with E-state index in [1.807, 2.05) is 0 Å². The monoisotopic (exact) mass is 569 g/mol. The molecule has 0 spiro atoms. The zero-order chi connectivity index (χ0) is 27.8. The predicted molar refractivity (Wildman–Crippen MR) is 137 cm³/mol. The summed E-state index contributed by atoms with van der Waals surface area (Å²) in [6.45, 7) is 6.56. The van der Waals surface area contributed by atoms with E-state index in [1.54, 1.807) is 20.8 Å². The van der Waals surface area contributed by atoms with E-state index in [4.69, 9.17) is 4.74 Å². The molecule has 0 saturated heterocycles. The van der Waals surface area contributed by atoms with Crippen LogP contribution in [0.3, 0.4) is 0 Å². The number of esters is 1. The number of halogens is 3. The van der Waals surface area contributed by atoms with Crippen molar-refractivity contribution in [3.05, 3.63) is 39.6 Å². The third-order valence-corrected chi connectivity index (χ3v) is 11.6. The highest BCUT2D eigenvalue weighted by molar-refractivity contribution is 8.13. The smallest absolute Gasteiger partial charge is 0.351 e. The van der Waals surface area contributed by atoms with Crippen molar-refractivity contribution in [1.82, 2.24) is 4.98 Å². The molecule has 0 amide bonds. The van der Waals surface area contributed by atoms with Crippen molar-refractivity contribution in [2.24, 2.45) is 28.6 Å². The SMILES string of the molecule is Cc1ncsc1C(=O)O[C@]1(C(=O)SCF)[C@H](C)C[C@H]2[C@@H]3C[C@H](F)C4=CC(=O)C=C(O)[C@]4(C)[C@@]3(F)CC[C@@]21C. The van der Waals surface area contributed by atoms with Crippen molar-refractivity contribution in [2.75, 3.05) is 6.01 Å². The number of alkyl halides is 3. The molecule has 0 radical (unpaired) electrons. The Morgan fingerprint density at radius 2 is 1.95 bits per heavy atom. The van der Waals surface area contributed by atoms with Crippen LogP contribution < -0.4 is 0 Å². The Morgan fingerprint density at radius 3 is 2.58 bits per heavy atom. The molecule has 1 N–H and O–H groups in total.